The van der Waals surface area contributed by atoms with E-state index in [0.717, 1.165) is 0 Å². The Hall–Kier alpha value is -1.30. The van der Waals surface area contributed by atoms with Gasteiger partial charge in [0.05, 0.1) is 17.3 Å². The minimum Gasteiger partial charge on any atom is -0.394 e. The van der Waals surface area contributed by atoms with Crippen LogP contribution in [0, 0.1) is 5.92 Å². The molecule has 1 heterocycles. The van der Waals surface area contributed by atoms with Gasteiger partial charge in [0.2, 0.25) is 11.8 Å². The molecule has 5 nitrogen and oxygen atoms in total. The van der Waals surface area contributed by atoms with Gasteiger partial charge in [-0.1, -0.05) is 23.2 Å². The van der Waals surface area contributed by atoms with Gasteiger partial charge < -0.3 is 15.3 Å². The first-order valence-corrected chi connectivity index (χ1v) is 7.37. The fraction of sp³-hybridized carbons (Fsp3) is 0.429. The third kappa shape index (κ3) is 3.48. The number of hydrogen-bond acceptors (Lipinski definition) is 3. The molecule has 2 rings (SSSR count). The molecule has 2 amide bonds. The highest BCUT2D eigenvalue weighted by Crippen LogP contribution is 2.33. The van der Waals surface area contributed by atoms with Crippen molar-refractivity contribution in [1.29, 1.82) is 0 Å². The second-order valence-corrected chi connectivity index (χ2v) is 5.86. The molecule has 2 N–H and O–H groups in total. The van der Waals surface area contributed by atoms with E-state index in [4.69, 9.17) is 28.3 Å². The van der Waals surface area contributed by atoms with Gasteiger partial charge in [-0.25, -0.2) is 0 Å². The lowest BCUT2D eigenvalue weighted by molar-refractivity contribution is -0.132. The van der Waals surface area contributed by atoms with Gasteiger partial charge >= 0.3 is 0 Å². The van der Waals surface area contributed by atoms with Crippen molar-refractivity contribution >= 4 is 40.7 Å². The summed E-state index contributed by atoms with van der Waals surface area (Å²) in [6, 6.07) is 4.49. The van der Waals surface area contributed by atoms with E-state index in [9.17, 15) is 9.59 Å². The molecule has 7 heteroatoms. The van der Waals surface area contributed by atoms with Crippen LogP contribution in [0.4, 0.5) is 5.69 Å². The van der Waals surface area contributed by atoms with Crippen molar-refractivity contribution in [2.45, 2.75) is 19.4 Å². The maximum atomic E-state index is 12.4. The number of aliphatic hydroxyl groups excluding tert-OH is 1. The summed E-state index contributed by atoms with van der Waals surface area (Å²) in [7, 11) is 0. The molecule has 1 saturated heterocycles. The average molecular weight is 331 g/mol. The number of carbonyl (C=O) groups excluding carboxylic acids is 2. The smallest absolute Gasteiger partial charge is 0.239 e. The summed E-state index contributed by atoms with van der Waals surface area (Å²) in [5, 5.41) is 12.4. The third-order valence-electron chi connectivity index (χ3n) is 3.38. The van der Waals surface area contributed by atoms with Crippen LogP contribution < -0.4 is 10.2 Å². The maximum Gasteiger partial charge on any atom is 0.239 e. The largest absolute Gasteiger partial charge is 0.394 e. The van der Waals surface area contributed by atoms with Gasteiger partial charge in [-0.15, -0.1) is 0 Å². The Bertz CT molecular complexity index is 565. The van der Waals surface area contributed by atoms with Crippen molar-refractivity contribution in [3.05, 3.63) is 28.2 Å². The van der Waals surface area contributed by atoms with Gasteiger partial charge in [0, 0.05) is 17.6 Å². The lowest BCUT2D eigenvalue weighted by Gasteiger charge is -2.19. The Kier molecular flexibility index (Phi) is 5.08. The molecule has 1 aromatic carbocycles. The van der Waals surface area contributed by atoms with E-state index in [1.54, 1.807) is 25.1 Å². The zero-order valence-electron chi connectivity index (χ0n) is 11.5. The number of aliphatic hydroxyl groups is 1. The third-order valence-corrected chi connectivity index (χ3v) is 3.94. The molecule has 2 atom stereocenters. The Balaban J connectivity index is 2.14. The zero-order valence-corrected chi connectivity index (χ0v) is 13.0. The summed E-state index contributed by atoms with van der Waals surface area (Å²) in [6.07, 6.45) is 0.408. The zero-order chi connectivity index (χ0) is 15.6. The van der Waals surface area contributed by atoms with E-state index in [2.05, 4.69) is 5.32 Å². The summed E-state index contributed by atoms with van der Waals surface area (Å²) >= 11 is 12.0. The average Bonchev–Trinajstić information content (AvgIpc) is 2.83. The normalized spacial score (nSPS) is 19.7. The van der Waals surface area contributed by atoms with Crippen LogP contribution in [0.1, 0.15) is 13.3 Å². The van der Waals surface area contributed by atoms with Crippen LogP contribution in [-0.2, 0) is 9.59 Å². The SMILES string of the molecule is CC(CO)NC(=O)C1CCN(c2cc(Cl)ccc2Cl)C1=O. The van der Waals surface area contributed by atoms with Gasteiger partial charge in [0.1, 0.15) is 5.92 Å². The van der Waals surface area contributed by atoms with E-state index < -0.39 is 5.92 Å². The predicted octanol–water partition coefficient (Wildman–Crippen LogP) is 1.84. The van der Waals surface area contributed by atoms with Gasteiger partial charge in [-0.2, -0.15) is 0 Å². The lowest BCUT2D eigenvalue weighted by Crippen LogP contribution is -2.42. The van der Waals surface area contributed by atoms with E-state index in [1.165, 1.54) is 4.90 Å². The Morgan fingerprint density at radius 3 is 2.90 bits per heavy atom. The number of hydrogen-bond donors (Lipinski definition) is 2. The number of benzene rings is 1. The minimum atomic E-state index is -0.756. The van der Waals surface area contributed by atoms with Crippen molar-refractivity contribution in [3.63, 3.8) is 0 Å². The topological polar surface area (TPSA) is 69.6 Å². The number of rotatable bonds is 4. The van der Waals surface area contributed by atoms with E-state index >= 15 is 0 Å². The van der Waals surface area contributed by atoms with E-state index in [-0.39, 0.29) is 24.5 Å². The molecular formula is C14H16Cl2N2O3. The number of nitrogens with zero attached hydrogens (tertiary/aromatic N) is 1. The number of anilines is 1. The van der Waals surface area contributed by atoms with Crippen LogP contribution in [-0.4, -0.2) is 36.1 Å². The summed E-state index contributed by atoms with van der Waals surface area (Å²) < 4.78 is 0. The molecule has 114 valence electrons. The van der Waals surface area contributed by atoms with Crippen LogP contribution in [0.15, 0.2) is 18.2 Å². The molecule has 2 unspecified atom stereocenters. The molecule has 0 aromatic heterocycles. The molecule has 21 heavy (non-hydrogen) atoms. The Morgan fingerprint density at radius 1 is 1.52 bits per heavy atom. The van der Waals surface area contributed by atoms with Gasteiger partial charge in [-0.05, 0) is 31.5 Å². The molecule has 1 fully saturated rings. The first-order chi connectivity index (χ1) is 9.93. The van der Waals surface area contributed by atoms with Crippen LogP contribution >= 0.6 is 23.2 Å². The summed E-state index contributed by atoms with van der Waals surface area (Å²) in [6.45, 7) is 1.91. The molecule has 0 radical (unpaired) electrons. The number of carbonyl (C=O) groups is 2. The minimum absolute atomic E-state index is 0.170. The second kappa shape index (κ2) is 6.64. The second-order valence-electron chi connectivity index (χ2n) is 5.02. The van der Waals surface area contributed by atoms with Crippen LogP contribution in [0.2, 0.25) is 10.0 Å². The Labute approximate surface area is 132 Å². The molecule has 0 aliphatic carbocycles. The fourth-order valence-corrected chi connectivity index (χ4v) is 2.63. The molecule has 0 bridgehead atoms. The lowest BCUT2D eigenvalue weighted by atomic mass is 10.1. The summed E-state index contributed by atoms with van der Waals surface area (Å²) in [5.74, 6) is -1.43. The molecule has 0 spiro atoms. The molecule has 1 aromatic rings. The summed E-state index contributed by atoms with van der Waals surface area (Å²) in [4.78, 5) is 25.9. The molecular weight excluding hydrogens is 315 g/mol. The fourth-order valence-electron chi connectivity index (χ4n) is 2.24. The van der Waals surface area contributed by atoms with E-state index in [0.29, 0.717) is 28.7 Å². The highest BCUT2D eigenvalue weighted by molar-refractivity contribution is 6.36. The van der Waals surface area contributed by atoms with Crippen LogP contribution in [0.5, 0.6) is 0 Å². The van der Waals surface area contributed by atoms with E-state index in [1.807, 2.05) is 0 Å². The molecule has 1 aliphatic heterocycles. The molecule has 1 aliphatic rings. The van der Waals surface area contributed by atoms with Gasteiger partial charge in [0.25, 0.3) is 0 Å². The molecule has 0 saturated carbocycles. The first-order valence-electron chi connectivity index (χ1n) is 6.61. The number of amides is 2. The van der Waals surface area contributed by atoms with Crippen molar-refractivity contribution in [2.24, 2.45) is 5.92 Å². The quantitative estimate of drug-likeness (QED) is 0.827. The first kappa shape index (κ1) is 16.1. The van der Waals surface area contributed by atoms with Gasteiger partial charge in [0.15, 0.2) is 0 Å². The van der Waals surface area contributed by atoms with Crippen molar-refractivity contribution < 1.29 is 14.7 Å². The van der Waals surface area contributed by atoms with Crippen molar-refractivity contribution in [3.8, 4) is 0 Å². The maximum absolute atomic E-state index is 12.4. The van der Waals surface area contributed by atoms with Crippen molar-refractivity contribution in [1.82, 2.24) is 5.32 Å². The van der Waals surface area contributed by atoms with Crippen LogP contribution in [0.25, 0.3) is 0 Å². The predicted molar refractivity (Wildman–Crippen MR) is 81.6 cm³/mol. The number of halogens is 2. The highest BCUT2D eigenvalue weighted by Gasteiger charge is 2.38. The van der Waals surface area contributed by atoms with Crippen molar-refractivity contribution in [2.75, 3.05) is 18.1 Å². The number of nitrogens with one attached hydrogen (secondary N) is 1. The van der Waals surface area contributed by atoms with Gasteiger partial charge in [-0.3, -0.25) is 9.59 Å². The van der Waals surface area contributed by atoms with Crippen LogP contribution in [0.3, 0.4) is 0 Å². The highest BCUT2D eigenvalue weighted by atomic mass is 35.5. The monoisotopic (exact) mass is 330 g/mol. The summed E-state index contributed by atoms with van der Waals surface area (Å²) in [5.41, 5.74) is 0.514. The Morgan fingerprint density at radius 2 is 2.24 bits per heavy atom. The standard InChI is InChI=1S/C14H16Cl2N2O3/c1-8(7-19)17-13(20)10-4-5-18(14(10)21)12-6-9(15)2-3-11(12)16/h2-3,6,8,10,19H,4-5,7H2,1H3,(H,17,20).